The number of nitrogens with one attached hydrogen (secondary N) is 1. The lowest BCUT2D eigenvalue weighted by Crippen LogP contribution is -2.01. The predicted molar refractivity (Wildman–Crippen MR) is 84.2 cm³/mol. The van der Waals surface area contributed by atoms with Gasteiger partial charge in [-0.05, 0) is 17.7 Å². The Balaban J connectivity index is 1.67. The molecule has 0 radical (unpaired) electrons. The van der Waals surface area contributed by atoms with Crippen molar-refractivity contribution in [3.05, 3.63) is 82.5 Å². The molecule has 0 amide bonds. The number of rotatable bonds is 5. The van der Waals surface area contributed by atoms with E-state index < -0.39 is 4.92 Å². The number of nitro groups is 1. The lowest BCUT2D eigenvalue weighted by atomic mass is 10.2. The molecule has 0 aliphatic carbocycles. The van der Waals surface area contributed by atoms with E-state index in [4.69, 9.17) is 0 Å². The minimum absolute atomic E-state index is 0.0696. The standard InChI is InChI=1S/C16H14N4O2/c21-20(22)15-8-6-14(7-9-15)17-16-10-11-19(18-16)12-13-4-2-1-3-5-13/h1-11H,12H2,(H,17,18). The van der Waals surface area contributed by atoms with Crippen LogP contribution in [0.3, 0.4) is 0 Å². The number of hydrogen-bond acceptors (Lipinski definition) is 4. The summed E-state index contributed by atoms with van der Waals surface area (Å²) in [7, 11) is 0. The average molecular weight is 294 g/mol. The van der Waals surface area contributed by atoms with E-state index in [0.717, 1.165) is 5.69 Å². The lowest BCUT2D eigenvalue weighted by Gasteiger charge is -2.03. The first-order valence-corrected chi connectivity index (χ1v) is 6.79. The highest BCUT2D eigenvalue weighted by Gasteiger charge is 2.05. The largest absolute Gasteiger partial charge is 0.339 e. The second-order valence-electron chi connectivity index (χ2n) is 4.81. The molecule has 22 heavy (non-hydrogen) atoms. The summed E-state index contributed by atoms with van der Waals surface area (Å²) in [6.07, 6.45) is 1.89. The fourth-order valence-corrected chi connectivity index (χ4v) is 2.10. The molecule has 1 N–H and O–H groups in total. The fraction of sp³-hybridized carbons (Fsp3) is 0.0625. The molecule has 6 heteroatoms. The van der Waals surface area contributed by atoms with Crippen molar-refractivity contribution >= 4 is 17.2 Å². The molecule has 2 aromatic carbocycles. The fourth-order valence-electron chi connectivity index (χ4n) is 2.10. The lowest BCUT2D eigenvalue weighted by molar-refractivity contribution is -0.384. The number of hydrogen-bond donors (Lipinski definition) is 1. The van der Waals surface area contributed by atoms with Crippen LogP contribution < -0.4 is 5.32 Å². The smallest absolute Gasteiger partial charge is 0.269 e. The molecule has 3 rings (SSSR count). The number of non-ortho nitro benzene ring substituents is 1. The maximum absolute atomic E-state index is 10.6. The van der Waals surface area contributed by atoms with Crippen molar-refractivity contribution in [3.8, 4) is 0 Å². The first kappa shape index (κ1) is 13.8. The van der Waals surface area contributed by atoms with Crippen LogP contribution in [-0.4, -0.2) is 14.7 Å². The zero-order valence-electron chi connectivity index (χ0n) is 11.7. The van der Waals surface area contributed by atoms with Gasteiger partial charge in [-0.2, -0.15) is 5.10 Å². The summed E-state index contributed by atoms with van der Waals surface area (Å²) in [6, 6.07) is 18.2. The van der Waals surface area contributed by atoms with E-state index in [2.05, 4.69) is 10.4 Å². The van der Waals surface area contributed by atoms with Crippen molar-refractivity contribution in [2.45, 2.75) is 6.54 Å². The van der Waals surface area contributed by atoms with E-state index in [-0.39, 0.29) is 5.69 Å². The molecule has 0 aliphatic heterocycles. The van der Waals surface area contributed by atoms with Crippen molar-refractivity contribution in [1.82, 2.24) is 9.78 Å². The molecule has 110 valence electrons. The molecule has 0 spiro atoms. The van der Waals surface area contributed by atoms with Crippen LogP contribution >= 0.6 is 0 Å². The molecule has 0 unspecified atom stereocenters. The van der Waals surface area contributed by atoms with Crippen LogP contribution in [0.15, 0.2) is 66.9 Å². The third-order valence-corrected chi connectivity index (χ3v) is 3.18. The van der Waals surface area contributed by atoms with Crippen LogP contribution in [0.4, 0.5) is 17.2 Å². The maximum Gasteiger partial charge on any atom is 0.269 e. The van der Waals surface area contributed by atoms with Gasteiger partial charge in [0.1, 0.15) is 0 Å². The summed E-state index contributed by atoms with van der Waals surface area (Å²) >= 11 is 0. The van der Waals surface area contributed by atoms with E-state index in [0.29, 0.717) is 12.4 Å². The highest BCUT2D eigenvalue weighted by molar-refractivity contribution is 5.57. The second-order valence-corrected chi connectivity index (χ2v) is 4.81. The summed E-state index contributed by atoms with van der Waals surface area (Å²) in [6.45, 7) is 0.697. The van der Waals surface area contributed by atoms with Gasteiger partial charge in [-0.3, -0.25) is 14.8 Å². The van der Waals surface area contributed by atoms with Crippen LogP contribution in [0.5, 0.6) is 0 Å². The molecule has 3 aromatic rings. The number of nitrogens with zero attached hydrogens (tertiary/aromatic N) is 3. The Morgan fingerprint density at radius 3 is 2.45 bits per heavy atom. The van der Waals surface area contributed by atoms with Gasteiger partial charge in [0, 0.05) is 30.1 Å². The monoisotopic (exact) mass is 294 g/mol. The van der Waals surface area contributed by atoms with Crippen LogP contribution in [0.2, 0.25) is 0 Å². The molecule has 0 saturated carbocycles. The van der Waals surface area contributed by atoms with Crippen molar-refractivity contribution in [2.24, 2.45) is 0 Å². The molecule has 6 nitrogen and oxygen atoms in total. The topological polar surface area (TPSA) is 73.0 Å². The van der Waals surface area contributed by atoms with E-state index in [1.54, 1.807) is 12.1 Å². The van der Waals surface area contributed by atoms with Gasteiger partial charge in [0.05, 0.1) is 11.5 Å². The van der Waals surface area contributed by atoms with Crippen molar-refractivity contribution in [1.29, 1.82) is 0 Å². The van der Waals surface area contributed by atoms with E-state index in [9.17, 15) is 10.1 Å². The molecule has 0 atom stereocenters. The van der Waals surface area contributed by atoms with Gasteiger partial charge in [-0.15, -0.1) is 0 Å². The van der Waals surface area contributed by atoms with E-state index in [1.165, 1.54) is 17.7 Å². The Morgan fingerprint density at radius 1 is 1.05 bits per heavy atom. The first-order chi connectivity index (χ1) is 10.7. The molecule has 0 saturated heterocycles. The van der Waals surface area contributed by atoms with Crippen molar-refractivity contribution in [2.75, 3.05) is 5.32 Å². The molecular formula is C16H14N4O2. The quantitative estimate of drug-likeness (QED) is 0.576. The maximum atomic E-state index is 10.6. The van der Waals surface area contributed by atoms with Gasteiger partial charge >= 0.3 is 0 Å². The number of aromatic nitrogens is 2. The Hall–Kier alpha value is -3.15. The average Bonchev–Trinajstić information content (AvgIpc) is 2.96. The predicted octanol–water partition coefficient (Wildman–Crippen LogP) is 3.58. The van der Waals surface area contributed by atoms with Gasteiger partial charge in [0.15, 0.2) is 5.82 Å². The SMILES string of the molecule is O=[N+]([O-])c1ccc(Nc2ccn(Cc3ccccc3)n2)cc1. The third-order valence-electron chi connectivity index (χ3n) is 3.18. The number of anilines is 2. The summed E-state index contributed by atoms with van der Waals surface area (Å²) in [5.74, 6) is 0.699. The number of benzene rings is 2. The van der Waals surface area contributed by atoms with E-state index in [1.807, 2.05) is 47.3 Å². The summed E-state index contributed by atoms with van der Waals surface area (Å²) in [4.78, 5) is 10.2. The zero-order chi connectivity index (χ0) is 15.4. The van der Waals surface area contributed by atoms with Crippen LogP contribution in [0.25, 0.3) is 0 Å². The number of nitro benzene ring substituents is 1. The van der Waals surface area contributed by atoms with E-state index >= 15 is 0 Å². The Morgan fingerprint density at radius 2 is 1.77 bits per heavy atom. The van der Waals surface area contributed by atoms with Crippen LogP contribution in [0, 0.1) is 10.1 Å². The second kappa shape index (κ2) is 6.09. The summed E-state index contributed by atoms with van der Waals surface area (Å²) in [5.41, 5.74) is 2.00. The molecule has 0 bridgehead atoms. The Kier molecular flexibility index (Phi) is 3.82. The van der Waals surface area contributed by atoms with Gasteiger partial charge in [0.25, 0.3) is 5.69 Å². The minimum Gasteiger partial charge on any atom is -0.339 e. The molecule has 0 fully saturated rings. The van der Waals surface area contributed by atoms with Gasteiger partial charge in [0.2, 0.25) is 0 Å². The van der Waals surface area contributed by atoms with Crippen LogP contribution in [-0.2, 0) is 6.54 Å². The van der Waals surface area contributed by atoms with Crippen molar-refractivity contribution < 1.29 is 4.92 Å². The summed E-state index contributed by atoms with van der Waals surface area (Å²) < 4.78 is 1.84. The highest BCUT2D eigenvalue weighted by Crippen LogP contribution is 2.19. The van der Waals surface area contributed by atoms with Gasteiger partial charge < -0.3 is 5.32 Å². The summed E-state index contributed by atoms with van der Waals surface area (Å²) in [5, 5.41) is 18.2. The normalized spacial score (nSPS) is 10.4. The third kappa shape index (κ3) is 3.29. The molecule has 0 aliphatic rings. The molecular weight excluding hydrogens is 280 g/mol. The highest BCUT2D eigenvalue weighted by atomic mass is 16.6. The molecule has 1 aromatic heterocycles. The van der Waals surface area contributed by atoms with Crippen LogP contribution in [0.1, 0.15) is 5.56 Å². The van der Waals surface area contributed by atoms with Crippen molar-refractivity contribution in [3.63, 3.8) is 0 Å². The first-order valence-electron chi connectivity index (χ1n) is 6.79. The zero-order valence-corrected chi connectivity index (χ0v) is 11.7. The molecule has 1 heterocycles. The Bertz CT molecular complexity index is 766. The minimum atomic E-state index is -0.418. The van der Waals surface area contributed by atoms with Gasteiger partial charge in [-0.25, -0.2) is 0 Å². The Labute approximate surface area is 127 Å². The van der Waals surface area contributed by atoms with Gasteiger partial charge in [-0.1, -0.05) is 30.3 Å².